The van der Waals surface area contributed by atoms with Crippen LogP contribution in [0.2, 0.25) is 0 Å². The first-order valence-corrected chi connectivity index (χ1v) is 10.4. The van der Waals surface area contributed by atoms with Crippen LogP contribution in [0.1, 0.15) is 30.5 Å². The maximum absolute atomic E-state index is 5.95. The van der Waals surface area contributed by atoms with E-state index >= 15 is 0 Å². The van der Waals surface area contributed by atoms with Crippen molar-refractivity contribution in [3.63, 3.8) is 0 Å². The molecule has 154 valence electrons. The van der Waals surface area contributed by atoms with Crippen LogP contribution in [0.15, 0.2) is 60.8 Å². The van der Waals surface area contributed by atoms with Crippen LogP contribution in [0.3, 0.4) is 0 Å². The Morgan fingerprint density at radius 1 is 0.933 bits per heavy atom. The van der Waals surface area contributed by atoms with Crippen LogP contribution in [0.5, 0.6) is 11.8 Å². The van der Waals surface area contributed by atoms with Crippen LogP contribution in [0, 0.1) is 12.3 Å². The quantitative estimate of drug-likeness (QED) is 0.618. The van der Waals surface area contributed by atoms with Gasteiger partial charge in [-0.15, -0.1) is 0 Å². The van der Waals surface area contributed by atoms with E-state index in [4.69, 9.17) is 9.47 Å². The topological polar surface area (TPSA) is 47.5 Å². The average Bonchev–Trinajstić information content (AvgIpc) is 2.67. The molecule has 0 saturated carbocycles. The molecule has 3 aromatic rings. The Bertz CT molecular complexity index is 1030. The van der Waals surface area contributed by atoms with Crippen LogP contribution in [0.25, 0.3) is 0 Å². The molecule has 3 heterocycles. The molecule has 2 aliphatic rings. The molecule has 1 aromatic heterocycles. The van der Waals surface area contributed by atoms with Crippen LogP contribution in [-0.2, 0) is 10.2 Å². The normalized spacial score (nSPS) is 17.4. The molecule has 2 aromatic carbocycles. The Morgan fingerprint density at radius 3 is 2.17 bits per heavy atom. The van der Waals surface area contributed by atoms with Crippen molar-refractivity contribution in [3.05, 3.63) is 77.5 Å². The third kappa shape index (κ3) is 3.43. The minimum absolute atomic E-state index is 0.0820. The van der Waals surface area contributed by atoms with Gasteiger partial charge in [-0.25, -0.2) is 4.98 Å². The minimum Gasteiger partial charge on any atom is -0.424 e. The highest BCUT2D eigenvalue weighted by Crippen LogP contribution is 2.40. The van der Waals surface area contributed by atoms with Crippen LogP contribution < -0.4 is 9.64 Å². The number of anilines is 1. The summed E-state index contributed by atoms with van der Waals surface area (Å²) in [7, 11) is 0. The van der Waals surface area contributed by atoms with Crippen molar-refractivity contribution in [2.45, 2.75) is 26.2 Å². The van der Waals surface area contributed by atoms with Gasteiger partial charge in [0, 0.05) is 24.7 Å². The zero-order valence-electron chi connectivity index (χ0n) is 17.8. The standard InChI is InChI=1S/C25H27N3O2/c1-18-4-6-19(7-5-18)24(2,3)20-8-10-21(11-9-20)30-23-26-13-12-22(27-23)28-14-25(15-28)16-29-17-25/h4-13H,14-17H2,1-3H3. The molecular formula is C25H27N3O2. The van der Waals surface area contributed by atoms with Crippen molar-refractivity contribution >= 4 is 5.82 Å². The summed E-state index contributed by atoms with van der Waals surface area (Å²) in [4.78, 5) is 11.1. The van der Waals surface area contributed by atoms with Gasteiger partial charge in [-0.1, -0.05) is 55.8 Å². The number of rotatable bonds is 5. The Morgan fingerprint density at radius 2 is 1.57 bits per heavy atom. The summed E-state index contributed by atoms with van der Waals surface area (Å²) in [6.45, 7) is 10.3. The second-order valence-corrected chi connectivity index (χ2v) is 9.16. The highest BCUT2D eigenvalue weighted by Gasteiger charge is 2.49. The summed E-state index contributed by atoms with van der Waals surface area (Å²) in [6.07, 6.45) is 1.76. The molecule has 1 spiro atoms. The van der Waals surface area contributed by atoms with Gasteiger partial charge in [0.15, 0.2) is 0 Å². The van der Waals surface area contributed by atoms with E-state index in [9.17, 15) is 0 Å². The lowest BCUT2D eigenvalue weighted by molar-refractivity contribution is -0.127. The highest BCUT2D eigenvalue weighted by atomic mass is 16.5. The van der Waals surface area contributed by atoms with Crippen molar-refractivity contribution in [2.75, 3.05) is 31.2 Å². The van der Waals surface area contributed by atoms with Crippen molar-refractivity contribution < 1.29 is 9.47 Å². The molecule has 5 rings (SSSR count). The zero-order valence-corrected chi connectivity index (χ0v) is 17.8. The third-order valence-electron chi connectivity index (χ3n) is 6.37. The number of aromatic nitrogens is 2. The molecule has 0 radical (unpaired) electrons. The summed E-state index contributed by atoms with van der Waals surface area (Å²) in [5.41, 5.74) is 4.08. The highest BCUT2D eigenvalue weighted by molar-refractivity contribution is 5.45. The first-order chi connectivity index (χ1) is 14.4. The van der Waals surface area contributed by atoms with E-state index in [0.717, 1.165) is 37.9 Å². The summed E-state index contributed by atoms with van der Waals surface area (Å²) >= 11 is 0. The lowest BCUT2D eigenvalue weighted by atomic mass is 9.78. The lowest BCUT2D eigenvalue weighted by Crippen LogP contribution is -2.66. The molecule has 2 aliphatic heterocycles. The molecule has 0 unspecified atom stereocenters. The number of benzene rings is 2. The van der Waals surface area contributed by atoms with Gasteiger partial charge in [0.2, 0.25) is 0 Å². The van der Waals surface area contributed by atoms with Crippen molar-refractivity contribution in [1.29, 1.82) is 0 Å². The molecule has 0 amide bonds. The van der Waals surface area contributed by atoms with Crippen LogP contribution in [-0.4, -0.2) is 36.3 Å². The van der Waals surface area contributed by atoms with Gasteiger partial charge in [-0.05, 0) is 36.2 Å². The first-order valence-electron chi connectivity index (χ1n) is 10.4. The van der Waals surface area contributed by atoms with Gasteiger partial charge in [0.25, 0.3) is 0 Å². The molecule has 30 heavy (non-hydrogen) atoms. The molecule has 0 atom stereocenters. The number of ether oxygens (including phenoxy) is 2. The predicted molar refractivity (Wildman–Crippen MR) is 117 cm³/mol. The van der Waals surface area contributed by atoms with Gasteiger partial charge >= 0.3 is 6.01 Å². The number of aryl methyl sites for hydroxylation is 1. The fourth-order valence-electron chi connectivity index (χ4n) is 4.24. The second-order valence-electron chi connectivity index (χ2n) is 9.16. The Hall–Kier alpha value is -2.92. The van der Waals surface area contributed by atoms with Gasteiger partial charge in [0.1, 0.15) is 11.6 Å². The fourth-order valence-corrected chi connectivity index (χ4v) is 4.24. The monoisotopic (exact) mass is 401 g/mol. The molecular weight excluding hydrogens is 374 g/mol. The molecule has 0 aliphatic carbocycles. The van der Waals surface area contributed by atoms with Gasteiger partial charge < -0.3 is 14.4 Å². The average molecular weight is 402 g/mol. The second kappa shape index (κ2) is 7.10. The largest absolute Gasteiger partial charge is 0.424 e. The van der Waals surface area contributed by atoms with E-state index < -0.39 is 0 Å². The molecule has 5 heteroatoms. The van der Waals surface area contributed by atoms with Crippen molar-refractivity contribution in [1.82, 2.24) is 9.97 Å². The van der Waals surface area contributed by atoms with E-state index in [2.05, 4.69) is 72.0 Å². The summed E-state index contributed by atoms with van der Waals surface area (Å²) in [5, 5.41) is 0. The number of hydrogen-bond acceptors (Lipinski definition) is 5. The van der Waals surface area contributed by atoms with E-state index in [1.165, 1.54) is 16.7 Å². The van der Waals surface area contributed by atoms with E-state index in [0.29, 0.717) is 11.4 Å². The third-order valence-corrected chi connectivity index (χ3v) is 6.37. The van der Waals surface area contributed by atoms with Crippen molar-refractivity contribution in [2.24, 2.45) is 5.41 Å². The van der Waals surface area contributed by atoms with Crippen molar-refractivity contribution in [3.8, 4) is 11.8 Å². The molecule has 0 bridgehead atoms. The van der Waals surface area contributed by atoms with Crippen LogP contribution in [0.4, 0.5) is 5.82 Å². The number of nitrogens with zero attached hydrogens (tertiary/aromatic N) is 3. The summed E-state index contributed by atoms with van der Waals surface area (Å²) < 4.78 is 11.3. The smallest absolute Gasteiger partial charge is 0.323 e. The summed E-state index contributed by atoms with van der Waals surface area (Å²) in [6, 6.07) is 19.3. The fraction of sp³-hybridized carbons (Fsp3) is 0.360. The SMILES string of the molecule is Cc1ccc(C(C)(C)c2ccc(Oc3nccc(N4CC5(COC5)C4)n3)cc2)cc1. The van der Waals surface area contributed by atoms with E-state index in [-0.39, 0.29) is 5.41 Å². The van der Waals surface area contributed by atoms with E-state index in [1.54, 1.807) is 6.20 Å². The Labute approximate surface area is 177 Å². The lowest BCUT2D eigenvalue weighted by Gasteiger charge is -2.55. The van der Waals surface area contributed by atoms with Gasteiger partial charge in [0.05, 0.1) is 18.6 Å². The zero-order chi connectivity index (χ0) is 20.8. The maximum atomic E-state index is 5.95. The van der Waals surface area contributed by atoms with Crippen LogP contribution >= 0.6 is 0 Å². The molecule has 5 nitrogen and oxygen atoms in total. The maximum Gasteiger partial charge on any atom is 0.323 e. The summed E-state index contributed by atoms with van der Waals surface area (Å²) in [5.74, 6) is 1.65. The molecule has 2 fully saturated rings. The Kier molecular flexibility index (Phi) is 4.51. The minimum atomic E-state index is -0.0820. The van der Waals surface area contributed by atoms with Gasteiger partial charge in [-0.3, -0.25) is 0 Å². The molecule has 2 saturated heterocycles. The number of hydrogen-bond donors (Lipinski definition) is 0. The van der Waals surface area contributed by atoms with E-state index in [1.807, 2.05) is 18.2 Å². The first kappa shape index (κ1) is 19.1. The predicted octanol–water partition coefficient (Wildman–Crippen LogP) is 4.74. The molecule has 0 N–H and O–H groups in total. The Balaban J connectivity index is 1.28. The van der Waals surface area contributed by atoms with Gasteiger partial charge in [-0.2, -0.15) is 4.98 Å².